The van der Waals surface area contributed by atoms with Gasteiger partial charge in [-0.15, -0.1) is 0 Å². The molecular formula is C16H22ClNO3. The molecule has 116 valence electrons. The van der Waals surface area contributed by atoms with Crippen molar-refractivity contribution >= 4 is 17.7 Å². The molecule has 4 nitrogen and oxygen atoms in total. The summed E-state index contributed by atoms with van der Waals surface area (Å²) in [4.78, 5) is 13.2. The highest BCUT2D eigenvalue weighted by Gasteiger charge is 2.36. The van der Waals surface area contributed by atoms with Crippen LogP contribution in [0.4, 0.5) is 4.79 Å². The Morgan fingerprint density at radius 2 is 1.90 bits per heavy atom. The molecule has 0 radical (unpaired) electrons. The number of halogens is 1. The number of aliphatic hydroxyl groups excluding tert-OH is 1. The molecule has 0 unspecified atom stereocenters. The Hall–Kier alpha value is -1.26. The average Bonchev–Trinajstić information content (AvgIpc) is 2.46. The second-order valence-electron chi connectivity index (χ2n) is 5.69. The van der Waals surface area contributed by atoms with Gasteiger partial charge in [-0.25, -0.2) is 4.79 Å². The van der Waals surface area contributed by atoms with Crippen molar-refractivity contribution in [2.75, 3.05) is 0 Å². The van der Waals surface area contributed by atoms with E-state index >= 15 is 0 Å². The van der Waals surface area contributed by atoms with Crippen molar-refractivity contribution in [2.24, 2.45) is 0 Å². The summed E-state index contributed by atoms with van der Waals surface area (Å²) in [5.41, 5.74) is 0.669. The fourth-order valence-corrected chi connectivity index (χ4v) is 3.47. The van der Waals surface area contributed by atoms with Crippen molar-refractivity contribution < 1.29 is 15.0 Å². The third-order valence-electron chi connectivity index (χ3n) is 4.17. The minimum absolute atomic E-state index is 0.0490. The molecule has 1 aromatic carbocycles. The number of aliphatic hydroxyl groups is 1. The first-order valence-electron chi connectivity index (χ1n) is 7.46. The molecule has 1 fully saturated rings. The van der Waals surface area contributed by atoms with Crippen molar-refractivity contribution in [1.29, 1.82) is 0 Å². The summed E-state index contributed by atoms with van der Waals surface area (Å²) < 4.78 is 0. The van der Waals surface area contributed by atoms with E-state index in [-0.39, 0.29) is 6.04 Å². The number of hydrogen-bond donors (Lipinski definition) is 2. The van der Waals surface area contributed by atoms with Crippen LogP contribution in [0.5, 0.6) is 0 Å². The van der Waals surface area contributed by atoms with E-state index in [2.05, 4.69) is 0 Å². The standard InChI is InChI=1S/C16H22ClNO3/c1-11(19)15(13-9-5-6-10-14(13)17)18(16(20)21)12-7-3-2-4-8-12/h5-6,9-12,15,19H,2-4,7-8H2,1H3,(H,20,21)/t11-,15+/m1/s1. The number of nitrogens with zero attached hydrogens (tertiary/aromatic N) is 1. The summed E-state index contributed by atoms with van der Waals surface area (Å²) in [7, 11) is 0. The largest absolute Gasteiger partial charge is 0.465 e. The fourth-order valence-electron chi connectivity index (χ4n) is 3.22. The minimum atomic E-state index is -0.993. The van der Waals surface area contributed by atoms with Crippen LogP contribution in [0.3, 0.4) is 0 Å². The van der Waals surface area contributed by atoms with E-state index in [1.54, 1.807) is 25.1 Å². The van der Waals surface area contributed by atoms with E-state index in [0.717, 1.165) is 32.1 Å². The lowest BCUT2D eigenvalue weighted by atomic mass is 9.91. The van der Waals surface area contributed by atoms with Gasteiger partial charge in [0.15, 0.2) is 0 Å². The van der Waals surface area contributed by atoms with E-state index in [0.29, 0.717) is 10.6 Å². The molecule has 1 aliphatic rings. The first-order chi connectivity index (χ1) is 10.0. The van der Waals surface area contributed by atoms with Gasteiger partial charge < -0.3 is 10.2 Å². The Balaban J connectivity index is 2.37. The third kappa shape index (κ3) is 3.69. The molecule has 1 saturated carbocycles. The minimum Gasteiger partial charge on any atom is -0.465 e. The highest BCUT2D eigenvalue weighted by molar-refractivity contribution is 6.31. The second-order valence-corrected chi connectivity index (χ2v) is 6.10. The fraction of sp³-hybridized carbons (Fsp3) is 0.562. The van der Waals surface area contributed by atoms with Crippen molar-refractivity contribution in [3.05, 3.63) is 34.9 Å². The number of rotatable bonds is 4. The lowest BCUT2D eigenvalue weighted by Crippen LogP contribution is -2.46. The van der Waals surface area contributed by atoms with Gasteiger partial charge in [-0.3, -0.25) is 4.90 Å². The smallest absolute Gasteiger partial charge is 0.408 e. The zero-order chi connectivity index (χ0) is 15.4. The van der Waals surface area contributed by atoms with Gasteiger partial charge in [0.05, 0.1) is 12.1 Å². The monoisotopic (exact) mass is 311 g/mol. The molecule has 0 aromatic heterocycles. The van der Waals surface area contributed by atoms with Crippen LogP contribution in [-0.2, 0) is 0 Å². The van der Waals surface area contributed by atoms with Crippen LogP contribution in [0.25, 0.3) is 0 Å². The van der Waals surface area contributed by atoms with E-state index in [1.165, 1.54) is 4.90 Å². The summed E-state index contributed by atoms with van der Waals surface area (Å²) in [5, 5.41) is 20.3. The van der Waals surface area contributed by atoms with Gasteiger partial charge in [0.1, 0.15) is 0 Å². The molecule has 1 amide bonds. The van der Waals surface area contributed by atoms with Crippen molar-refractivity contribution in [3.63, 3.8) is 0 Å². The Morgan fingerprint density at radius 3 is 2.43 bits per heavy atom. The predicted molar refractivity (Wildman–Crippen MR) is 82.6 cm³/mol. The Bertz CT molecular complexity index is 486. The SMILES string of the molecule is C[C@@H](O)[C@@H](c1ccccc1Cl)N(C(=O)O)C1CCCCC1. The summed E-state index contributed by atoms with van der Waals surface area (Å²) in [5.74, 6) is 0. The second kappa shape index (κ2) is 7.14. The first-order valence-corrected chi connectivity index (χ1v) is 7.84. The van der Waals surface area contributed by atoms with Crippen LogP contribution < -0.4 is 0 Å². The van der Waals surface area contributed by atoms with E-state index in [1.807, 2.05) is 6.07 Å². The first kappa shape index (κ1) is 16.1. The molecule has 2 atom stereocenters. The van der Waals surface area contributed by atoms with E-state index in [4.69, 9.17) is 11.6 Å². The number of carboxylic acid groups (broad SMARTS) is 1. The van der Waals surface area contributed by atoms with Crippen LogP contribution >= 0.6 is 11.6 Å². The Labute approximate surface area is 130 Å². The van der Waals surface area contributed by atoms with Gasteiger partial charge in [0.25, 0.3) is 0 Å². The van der Waals surface area contributed by atoms with Crippen LogP contribution in [0.15, 0.2) is 24.3 Å². The van der Waals surface area contributed by atoms with Gasteiger partial charge in [-0.05, 0) is 31.4 Å². The summed E-state index contributed by atoms with van der Waals surface area (Å²) in [6.45, 7) is 1.62. The van der Waals surface area contributed by atoms with Gasteiger partial charge in [-0.2, -0.15) is 0 Å². The summed E-state index contributed by atoms with van der Waals surface area (Å²) >= 11 is 6.22. The molecule has 1 aliphatic carbocycles. The molecule has 0 heterocycles. The average molecular weight is 312 g/mol. The highest BCUT2D eigenvalue weighted by atomic mass is 35.5. The Kier molecular flexibility index (Phi) is 5.48. The molecule has 0 aliphatic heterocycles. The van der Waals surface area contributed by atoms with Crippen LogP contribution in [-0.4, -0.2) is 33.4 Å². The van der Waals surface area contributed by atoms with Crippen LogP contribution in [0.1, 0.15) is 50.6 Å². The van der Waals surface area contributed by atoms with E-state index in [9.17, 15) is 15.0 Å². The lowest BCUT2D eigenvalue weighted by molar-refractivity contribution is 0.0256. The number of carbonyl (C=O) groups is 1. The lowest BCUT2D eigenvalue weighted by Gasteiger charge is -2.39. The van der Waals surface area contributed by atoms with Gasteiger partial charge in [-0.1, -0.05) is 49.1 Å². The molecule has 0 spiro atoms. The molecule has 1 aromatic rings. The maximum atomic E-state index is 11.8. The summed E-state index contributed by atoms with van der Waals surface area (Å²) in [6.07, 6.45) is 3.10. The molecule has 2 rings (SSSR count). The molecule has 0 bridgehead atoms. The van der Waals surface area contributed by atoms with E-state index < -0.39 is 18.2 Å². The number of amides is 1. The van der Waals surface area contributed by atoms with Gasteiger partial charge in [0.2, 0.25) is 0 Å². The van der Waals surface area contributed by atoms with Crippen molar-refractivity contribution in [2.45, 2.75) is 57.2 Å². The van der Waals surface area contributed by atoms with Crippen molar-refractivity contribution in [3.8, 4) is 0 Å². The predicted octanol–water partition coefficient (Wildman–Crippen LogP) is 4.07. The zero-order valence-electron chi connectivity index (χ0n) is 12.2. The summed E-state index contributed by atoms with van der Waals surface area (Å²) in [6, 6.07) is 6.46. The van der Waals surface area contributed by atoms with Gasteiger partial charge >= 0.3 is 6.09 Å². The number of hydrogen-bond acceptors (Lipinski definition) is 2. The zero-order valence-corrected chi connectivity index (χ0v) is 13.0. The highest BCUT2D eigenvalue weighted by Crippen LogP contribution is 2.35. The number of benzene rings is 1. The third-order valence-corrected chi connectivity index (χ3v) is 4.51. The topological polar surface area (TPSA) is 60.8 Å². The maximum absolute atomic E-state index is 11.8. The molecule has 2 N–H and O–H groups in total. The maximum Gasteiger partial charge on any atom is 0.408 e. The molecular weight excluding hydrogens is 290 g/mol. The normalized spacial score (nSPS) is 19.0. The molecule has 21 heavy (non-hydrogen) atoms. The van der Waals surface area contributed by atoms with Gasteiger partial charge in [0, 0.05) is 11.1 Å². The quantitative estimate of drug-likeness (QED) is 0.881. The molecule has 0 saturated heterocycles. The van der Waals surface area contributed by atoms with Crippen molar-refractivity contribution in [1.82, 2.24) is 4.90 Å². The Morgan fingerprint density at radius 1 is 1.29 bits per heavy atom. The van der Waals surface area contributed by atoms with Crippen LogP contribution in [0, 0.1) is 0 Å². The van der Waals surface area contributed by atoms with Crippen LogP contribution in [0.2, 0.25) is 5.02 Å². The molecule has 5 heteroatoms.